The zero-order valence-corrected chi connectivity index (χ0v) is 27.9. The van der Waals surface area contributed by atoms with Gasteiger partial charge < -0.3 is 15.5 Å². The van der Waals surface area contributed by atoms with Gasteiger partial charge in [0.15, 0.2) is 0 Å². The fraction of sp³-hybridized carbons (Fsp3) is 0.359. The van der Waals surface area contributed by atoms with Crippen LogP contribution in [0.3, 0.4) is 0 Å². The van der Waals surface area contributed by atoms with Crippen molar-refractivity contribution >= 4 is 34.8 Å². The molecule has 0 fully saturated rings. The lowest BCUT2D eigenvalue weighted by molar-refractivity contribution is -0.384. The summed E-state index contributed by atoms with van der Waals surface area (Å²) < 4.78 is 0. The molecule has 0 unspecified atom stereocenters. The second-order valence-electron chi connectivity index (χ2n) is 12.5. The maximum Gasteiger partial charge on any atom is 0.269 e. The van der Waals surface area contributed by atoms with Gasteiger partial charge in [0.25, 0.3) is 5.69 Å². The maximum atomic E-state index is 12.5. The topological polar surface area (TPSA) is 113 Å². The molecule has 0 aliphatic carbocycles. The SMILES string of the molecule is O=C(CCCCCCCCCCC[P+]1(c2ccccc2)c2ccccc2-c2ccccc21)N[C@H](CO)[C@H](O)c1ccc([N+](=O)[O-])cc1. The van der Waals surface area contributed by atoms with E-state index in [-0.39, 0.29) is 11.6 Å². The Balaban J connectivity index is 0.999. The summed E-state index contributed by atoms with van der Waals surface area (Å²) >= 11 is 0. The van der Waals surface area contributed by atoms with E-state index in [0.717, 1.165) is 25.7 Å². The Hall–Kier alpha value is -3.90. The predicted octanol–water partition coefficient (Wildman–Crippen LogP) is 6.98. The summed E-state index contributed by atoms with van der Waals surface area (Å²) in [6.07, 6.45) is 10.5. The third-order valence-electron chi connectivity index (χ3n) is 9.38. The van der Waals surface area contributed by atoms with Crippen molar-refractivity contribution in [3.05, 3.63) is 119 Å². The molecule has 0 bridgehead atoms. The summed E-state index contributed by atoms with van der Waals surface area (Å²) in [5.41, 5.74) is 3.14. The molecule has 7 nitrogen and oxygen atoms in total. The molecule has 246 valence electrons. The predicted molar refractivity (Wildman–Crippen MR) is 192 cm³/mol. The van der Waals surface area contributed by atoms with Crippen LogP contribution in [-0.2, 0) is 4.79 Å². The summed E-state index contributed by atoms with van der Waals surface area (Å²) in [6.45, 7) is -0.431. The Kier molecular flexibility index (Phi) is 12.3. The van der Waals surface area contributed by atoms with Crippen LogP contribution >= 0.6 is 7.26 Å². The first-order chi connectivity index (χ1) is 23.0. The fourth-order valence-corrected chi connectivity index (χ4v) is 11.8. The lowest BCUT2D eigenvalue weighted by atomic mass is 10.0. The van der Waals surface area contributed by atoms with Crippen LogP contribution < -0.4 is 21.2 Å². The largest absolute Gasteiger partial charge is 0.394 e. The number of unbranched alkanes of at least 4 members (excludes halogenated alkanes) is 8. The monoisotopic (exact) mass is 653 g/mol. The first-order valence-corrected chi connectivity index (χ1v) is 18.9. The van der Waals surface area contributed by atoms with Gasteiger partial charge in [-0.3, -0.25) is 14.9 Å². The van der Waals surface area contributed by atoms with Crippen molar-refractivity contribution in [1.82, 2.24) is 5.32 Å². The molecule has 1 heterocycles. The molecule has 0 saturated carbocycles. The number of aliphatic hydroxyl groups excluding tert-OH is 2. The molecule has 4 aromatic carbocycles. The van der Waals surface area contributed by atoms with E-state index in [4.69, 9.17) is 0 Å². The van der Waals surface area contributed by atoms with Gasteiger partial charge in [0.1, 0.15) is 29.3 Å². The fourth-order valence-electron chi connectivity index (χ4n) is 6.93. The van der Waals surface area contributed by atoms with E-state index in [2.05, 4.69) is 84.2 Å². The minimum absolute atomic E-state index is 0.0826. The standard InChI is InChI=1S/C39H45N2O5P/c42-29-35(39(44)30-24-26-31(27-25-30)41(45)46)40-38(43)23-11-6-4-2-1-3-5-7-16-28-47(32-17-9-8-10-18-32)36-21-14-12-19-33(36)34-20-13-15-22-37(34)47/h8-10,12-15,17-22,24-27,35,39,42,44H,1-7,11,16,23,28-29H2/p+1/t35-,39-/m1/s1. The Labute approximate surface area is 278 Å². The van der Waals surface area contributed by atoms with Crippen LogP contribution in [0, 0.1) is 10.1 Å². The van der Waals surface area contributed by atoms with Gasteiger partial charge in [-0.25, -0.2) is 0 Å². The molecule has 0 spiro atoms. The molecular weight excluding hydrogens is 607 g/mol. The average Bonchev–Trinajstić information content (AvgIpc) is 3.40. The van der Waals surface area contributed by atoms with Crippen LogP contribution in [0.2, 0.25) is 0 Å². The molecule has 47 heavy (non-hydrogen) atoms. The number of nitro benzene ring substituents is 1. The molecule has 1 aliphatic rings. The second-order valence-corrected chi connectivity index (χ2v) is 16.0. The normalized spacial score (nSPS) is 14.2. The zero-order valence-electron chi connectivity index (χ0n) is 27.0. The van der Waals surface area contributed by atoms with Crippen LogP contribution in [0.1, 0.15) is 75.9 Å². The smallest absolute Gasteiger partial charge is 0.269 e. The van der Waals surface area contributed by atoms with E-state index in [1.54, 1.807) is 0 Å². The molecule has 0 radical (unpaired) electrons. The summed E-state index contributed by atoms with van der Waals surface area (Å²) in [5, 5.41) is 38.4. The van der Waals surface area contributed by atoms with Crippen LogP contribution in [0.4, 0.5) is 5.69 Å². The number of nitrogens with one attached hydrogen (secondary N) is 1. The molecular formula is C39H46N2O5P+. The Bertz CT molecular complexity index is 1570. The highest BCUT2D eigenvalue weighted by Gasteiger charge is 2.52. The summed E-state index contributed by atoms with van der Waals surface area (Å²) in [4.78, 5) is 22.8. The van der Waals surface area contributed by atoms with Gasteiger partial charge >= 0.3 is 0 Å². The van der Waals surface area contributed by atoms with Crippen LogP contribution in [0.15, 0.2) is 103 Å². The van der Waals surface area contributed by atoms with Gasteiger partial charge in [-0.05, 0) is 61.2 Å². The highest BCUT2D eigenvalue weighted by molar-refractivity contribution is 7.96. The van der Waals surface area contributed by atoms with E-state index in [1.807, 2.05) is 0 Å². The summed E-state index contributed by atoms with van der Waals surface area (Å²) in [6, 6.07) is 33.9. The Morgan fingerprint density at radius 1 is 0.702 bits per heavy atom. The van der Waals surface area contributed by atoms with Crippen molar-refractivity contribution in [3.63, 3.8) is 0 Å². The molecule has 1 aliphatic heterocycles. The molecule has 5 rings (SSSR count). The Morgan fingerprint density at radius 2 is 1.21 bits per heavy atom. The highest BCUT2D eigenvalue weighted by Crippen LogP contribution is 2.62. The molecule has 1 amide bonds. The highest BCUT2D eigenvalue weighted by atomic mass is 31.2. The molecule has 0 aromatic heterocycles. The number of non-ortho nitro benzene ring substituents is 1. The third kappa shape index (κ3) is 8.16. The number of amides is 1. The van der Waals surface area contributed by atoms with E-state index in [9.17, 15) is 25.1 Å². The van der Waals surface area contributed by atoms with Gasteiger partial charge in [0.2, 0.25) is 5.91 Å². The van der Waals surface area contributed by atoms with Crippen molar-refractivity contribution in [2.75, 3.05) is 12.8 Å². The zero-order chi connectivity index (χ0) is 33.1. The lowest BCUT2D eigenvalue weighted by Gasteiger charge is -2.24. The van der Waals surface area contributed by atoms with Crippen LogP contribution in [0.25, 0.3) is 11.1 Å². The molecule has 8 heteroatoms. The maximum absolute atomic E-state index is 12.5. The third-order valence-corrected chi connectivity index (χ3v) is 14.0. The number of nitro groups is 1. The van der Waals surface area contributed by atoms with Crippen molar-refractivity contribution in [1.29, 1.82) is 0 Å². The lowest BCUT2D eigenvalue weighted by Crippen LogP contribution is -2.41. The number of fused-ring (bicyclic) bond motifs is 3. The summed E-state index contributed by atoms with van der Waals surface area (Å²) in [7, 11) is -1.68. The molecule has 0 saturated heterocycles. The average molecular weight is 654 g/mol. The van der Waals surface area contributed by atoms with E-state index in [1.165, 1.54) is 89.6 Å². The Morgan fingerprint density at radius 3 is 1.77 bits per heavy atom. The van der Waals surface area contributed by atoms with Crippen LogP contribution in [0.5, 0.6) is 0 Å². The van der Waals surface area contributed by atoms with Gasteiger partial charge in [-0.1, -0.05) is 93.1 Å². The molecule has 3 N–H and O–H groups in total. The van der Waals surface area contributed by atoms with E-state index >= 15 is 0 Å². The molecule has 4 aromatic rings. The minimum atomic E-state index is -1.68. The van der Waals surface area contributed by atoms with Gasteiger partial charge in [0, 0.05) is 29.7 Å². The number of hydrogen-bond donors (Lipinski definition) is 3. The van der Waals surface area contributed by atoms with E-state index in [0.29, 0.717) is 12.0 Å². The van der Waals surface area contributed by atoms with Crippen molar-refractivity contribution in [2.45, 2.75) is 76.4 Å². The second kappa shape index (κ2) is 16.8. The number of rotatable bonds is 18. The number of carbonyl (C=O) groups excluding carboxylic acids is 1. The number of aliphatic hydroxyl groups is 2. The first kappa shape index (κ1) is 34.4. The summed E-state index contributed by atoms with van der Waals surface area (Å²) in [5.74, 6) is -0.214. The van der Waals surface area contributed by atoms with Gasteiger partial charge in [-0.2, -0.15) is 0 Å². The quantitative estimate of drug-likeness (QED) is 0.0464. The van der Waals surface area contributed by atoms with Crippen molar-refractivity contribution in [2.24, 2.45) is 0 Å². The molecule has 2 atom stereocenters. The van der Waals surface area contributed by atoms with E-state index < -0.39 is 30.9 Å². The van der Waals surface area contributed by atoms with Crippen molar-refractivity contribution in [3.8, 4) is 11.1 Å². The number of hydrogen-bond acceptors (Lipinski definition) is 5. The van der Waals surface area contributed by atoms with Gasteiger partial charge in [-0.15, -0.1) is 0 Å². The number of nitrogens with zero attached hydrogens (tertiary/aromatic N) is 1. The number of benzene rings is 4. The number of carbonyl (C=O) groups is 1. The minimum Gasteiger partial charge on any atom is -0.394 e. The van der Waals surface area contributed by atoms with Crippen LogP contribution in [-0.4, -0.2) is 39.9 Å². The first-order valence-electron chi connectivity index (χ1n) is 16.9. The van der Waals surface area contributed by atoms with Crippen molar-refractivity contribution < 1.29 is 19.9 Å². The van der Waals surface area contributed by atoms with Gasteiger partial charge in [0.05, 0.1) is 23.7 Å².